The highest BCUT2D eigenvalue weighted by molar-refractivity contribution is 4.69. The summed E-state index contributed by atoms with van der Waals surface area (Å²) in [6.07, 6.45) is 5.01. The van der Waals surface area contributed by atoms with Gasteiger partial charge in [0.05, 0.1) is 6.61 Å². The molecule has 1 N–H and O–H groups in total. The fourth-order valence-corrected chi connectivity index (χ4v) is 2.30. The number of ether oxygens (including phenoxy) is 1. The van der Waals surface area contributed by atoms with Crippen molar-refractivity contribution in [2.75, 3.05) is 33.4 Å². The minimum Gasteiger partial charge on any atom is -0.383 e. The molecular weight excluding hydrogens is 224 g/mol. The average Bonchev–Trinajstić information content (AvgIpc) is 2.40. The van der Waals surface area contributed by atoms with Gasteiger partial charge in [0, 0.05) is 25.7 Å². The Morgan fingerprint density at radius 3 is 2.33 bits per heavy atom. The van der Waals surface area contributed by atoms with Crippen molar-refractivity contribution in [1.82, 2.24) is 10.2 Å². The van der Waals surface area contributed by atoms with Crippen LogP contribution in [0.4, 0.5) is 0 Å². The van der Waals surface area contributed by atoms with Crippen molar-refractivity contribution in [3.05, 3.63) is 0 Å². The van der Waals surface area contributed by atoms with Gasteiger partial charge in [-0.1, -0.05) is 20.8 Å². The third kappa shape index (κ3) is 8.06. The second-order valence-electron chi connectivity index (χ2n) is 5.09. The first-order chi connectivity index (χ1) is 8.69. The van der Waals surface area contributed by atoms with E-state index in [1.54, 1.807) is 7.11 Å². The normalized spacial score (nSPS) is 15.0. The number of hydrogen-bond donors (Lipinski definition) is 1. The first-order valence-corrected chi connectivity index (χ1v) is 7.65. The van der Waals surface area contributed by atoms with E-state index in [0.717, 1.165) is 19.7 Å². The van der Waals surface area contributed by atoms with Crippen LogP contribution >= 0.6 is 0 Å². The third-order valence-corrected chi connectivity index (χ3v) is 3.78. The van der Waals surface area contributed by atoms with Crippen LogP contribution in [0, 0.1) is 0 Å². The summed E-state index contributed by atoms with van der Waals surface area (Å²) in [5.74, 6) is 0. The van der Waals surface area contributed by atoms with Gasteiger partial charge < -0.3 is 10.1 Å². The molecule has 0 spiro atoms. The Morgan fingerprint density at radius 2 is 1.83 bits per heavy atom. The maximum Gasteiger partial charge on any atom is 0.0589 e. The Hall–Kier alpha value is -0.120. The molecule has 0 aliphatic heterocycles. The number of nitrogens with zero attached hydrogens (tertiary/aromatic N) is 1. The number of nitrogens with one attached hydrogen (secondary N) is 1. The lowest BCUT2D eigenvalue weighted by molar-refractivity contribution is 0.120. The second-order valence-corrected chi connectivity index (χ2v) is 5.09. The third-order valence-electron chi connectivity index (χ3n) is 3.78. The van der Waals surface area contributed by atoms with Crippen molar-refractivity contribution in [2.45, 2.75) is 65.5 Å². The highest BCUT2D eigenvalue weighted by atomic mass is 16.5. The lowest BCUT2D eigenvalue weighted by Crippen LogP contribution is -2.37. The molecule has 0 aromatic heterocycles. The second kappa shape index (κ2) is 11.9. The lowest BCUT2D eigenvalue weighted by Gasteiger charge is -2.28. The Labute approximate surface area is 114 Å². The molecule has 18 heavy (non-hydrogen) atoms. The number of rotatable bonds is 12. The quantitative estimate of drug-likeness (QED) is 0.582. The van der Waals surface area contributed by atoms with E-state index in [0.29, 0.717) is 12.1 Å². The molecule has 0 fully saturated rings. The smallest absolute Gasteiger partial charge is 0.0589 e. The predicted octanol–water partition coefficient (Wildman–Crippen LogP) is 2.90. The summed E-state index contributed by atoms with van der Waals surface area (Å²) in [5, 5.41) is 3.55. The van der Waals surface area contributed by atoms with E-state index >= 15 is 0 Å². The fourth-order valence-electron chi connectivity index (χ4n) is 2.30. The van der Waals surface area contributed by atoms with Crippen molar-refractivity contribution in [3.8, 4) is 0 Å². The van der Waals surface area contributed by atoms with Gasteiger partial charge in [0.25, 0.3) is 0 Å². The summed E-state index contributed by atoms with van der Waals surface area (Å²) in [6.45, 7) is 13.2. The number of methoxy groups -OCH3 is 1. The van der Waals surface area contributed by atoms with Crippen LogP contribution in [-0.4, -0.2) is 50.3 Å². The first kappa shape index (κ1) is 17.9. The SMILES string of the molecule is CCNC(CC)CCCN(CCOC)C(C)CC. The van der Waals surface area contributed by atoms with Gasteiger partial charge in [-0.2, -0.15) is 0 Å². The van der Waals surface area contributed by atoms with E-state index in [-0.39, 0.29) is 0 Å². The van der Waals surface area contributed by atoms with Gasteiger partial charge in [-0.05, 0) is 45.7 Å². The molecule has 2 atom stereocenters. The van der Waals surface area contributed by atoms with Gasteiger partial charge in [0.1, 0.15) is 0 Å². The lowest BCUT2D eigenvalue weighted by atomic mass is 10.1. The van der Waals surface area contributed by atoms with Gasteiger partial charge in [-0.15, -0.1) is 0 Å². The minimum absolute atomic E-state index is 0.666. The molecule has 0 bridgehead atoms. The zero-order chi connectivity index (χ0) is 13.8. The van der Waals surface area contributed by atoms with E-state index in [1.807, 2.05) is 0 Å². The molecule has 0 saturated carbocycles. The van der Waals surface area contributed by atoms with Crippen molar-refractivity contribution in [3.63, 3.8) is 0 Å². The molecule has 0 rings (SSSR count). The molecule has 0 aromatic carbocycles. The fraction of sp³-hybridized carbons (Fsp3) is 1.00. The molecule has 0 radical (unpaired) electrons. The van der Waals surface area contributed by atoms with Crippen LogP contribution in [0.2, 0.25) is 0 Å². The Bertz CT molecular complexity index is 176. The van der Waals surface area contributed by atoms with Crippen LogP contribution in [0.1, 0.15) is 53.4 Å². The van der Waals surface area contributed by atoms with Gasteiger partial charge in [0.2, 0.25) is 0 Å². The summed E-state index contributed by atoms with van der Waals surface area (Å²) < 4.78 is 5.20. The summed E-state index contributed by atoms with van der Waals surface area (Å²) in [4.78, 5) is 2.56. The molecule has 0 aromatic rings. The number of hydrogen-bond acceptors (Lipinski definition) is 3. The van der Waals surface area contributed by atoms with Crippen LogP contribution in [-0.2, 0) is 4.74 Å². The molecule has 2 unspecified atom stereocenters. The van der Waals surface area contributed by atoms with E-state index in [4.69, 9.17) is 4.74 Å². The van der Waals surface area contributed by atoms with E-state index in [9.17, 15) is 0 Å². The maximum atomic E-state index is 5.20. The standard InChI is InChI=1S/C15H34N2O/c1-6-14(4)17(12-13-18-5)11-9-10-15(7-2)16-8-3/h14-16H,6-13H2,1-5H3. The summed E-state index contributed by atoms with van der Waals surface area (Å²) in [5.41, 5.74) is 0. The molecule has 3 nitrogen and oxygen atoms in total. The van der Waals surface area contributed by atoms with Crippen LogP contribution in [0.5, 0.6) is 0 Å². The summed E-state index contributed by atoms with van der Waals surface area (Å²) in [6, 6.07) is 1.36. The van der Waals surface area contributed by atoms with Crippen LogP contribution < -0.4 is 5.32 Å². The van der Waals surface area contributed by atoms with Gasteiger partial charge >= 0.3 is 0 Å². The van der Waals surface area contributed by atoms with Crippen LogP contribution in [0.3, 0.4) is 0 Å². The zero-order valence-corrected chi connectivity index (χ0v) is 13.2. The van der Waals surface area contributed by atoms with Crippen molar-refractivity contribution >= 4 is 0 Å². The van der Waals surface area contributed by atoms with Gasteiger partial charge in [-0.3, -0.25) is 4.90 Å². The molecule has 110 valence electrons. The Morgan fingerprint density at radius 1 is 1.11 bits per heavy atom. The molecule has 0 amide bonds. The van der Waals surface area contributed by atoms with Crippen molar-refractivity contribution < 1.29 is 4.74 Å². The molecule has 0 aliphatic carbocycles. The Kier molecular flexibility index (Phi) is 11.9. The largest absolute Gasteiger partial charge is 0.383 e. The monoisotopic (exact) mass is 258 g/mol. The Balaban J connectivity index is 3.93. The summed E-state index contributed by atoms with van der Waals surface area (Å²) >= 11 is 0. The maximum absolute atomic E-state index is 5.20. The van der Waals surface area contributed by atoms with Crippen molar-refractivity contribution in [1.29, 1.82) is 0 Å². The highest BCUT2D eigenvalue weighted by Gasteiger charge is 2.12. The van der Waals surface area contributed by atoms with E-state index in [1.165, 1.54) is 32.2 Å². The molecule has 3 heteroatoms. The van der Waals surface area contributed by atoms with Crippen LogP contribution in [0.25, 0.3) is 0 Å². The first-order valence-electron chi connectivity index (χ1n) is 7.65. The van der Waals surface area contributed by atoms with Gasteiger partial charge in [-0.25, -0.2) is 0 Å². The zero-order valence-electron chi connectivity index (χ0n) is 13.2. The summed E-state index contributed by atoms with van der Waals surface area (Å²) in [7, 11) is 1.78. The molecule has 0 saturated heterocycles. The van der Waals surface area contributed by atoms with Gasteiger partial charge in [0.15, 0.2) is 0 Å². The molecule has 0 heterocycles. The minimum atomic E-state index is 0.666. The van der Waals surface area contributed by atoms with Crippen LogP contribution in [0.15, 0.2) is 0 Å². The van der Waals surface area contributed by atoms with Crippen molar-refractivity contribution in [2.24, 2.45) is 0 Å². The highest BCUT2D eigenvalue weighted by Crippen LogP contribution is 2.08. The predicted molar refractivity (Wildman–Crippen MR) is 80.2 cm³/mol. The molecule has 0 aliphatic rings. The van der Waals surface area contributed by atoms with E-state index in [2.05, 4.69) is 37.9 Å². The molecular formula is C15H34N2O. The average molecular weight is 258 g/mol. The topological polar surface area (TPSA) is 24.5 Å². The van der Waals surface area contributed by atoms with E-state index < -0.39 is 0 Å².